The predicted octanol–water partition coefficient (Wildman–Crippen LogP) is 4.49. The summed E-state index contributed by atoms with van der Waals surface area (Å²) in [7, 11) is 0. The fourth-order valence-corrected chi connectivity index (χ4v) is 2.61. The minimum absolute atomic E-state index is 0.486. The first-order valence-corrected chi connectivity index (χ1v) is 7.07. The van der Waals surface area contributed by atoms with Crippen LogP contribution in [0.25, 0.3) is 0 Å². The van der Waals surface area contributed by atoms with E-state index in [-0.39, 0.29) is 0 Å². The summed E-state index contributed by atoms with van der Waals surface area (Å²) in [6.45, 7) is 5.41. The van der Waals surface area contributed by atoms with Crippen molar-refractivity contribution in [3.63, 3.8) is 0 Å². The van der Waals surface area contributed by atoms with Gasteiger partial charge < -0.3 is 5.32 Å². The average Bonchev–Trinajstić information content (AvgIpc) is 3.06. The third-order valence-corrected chi connectivity index (χ3v) is 3.59. The summed E-state index contributed by atoms with van der Waals surface area (Å²) in [4.78, 5) is 0. The van der Waals surface area contributed by atoms with Crippen molar-refractivity contribution in [3.05, 3.63) is 34.3 Å². The molecule has 1 aliphatic rings. The van der Waals surface area contributed by atoms with E-state index in [0.29, 0.717) is 6.04 Å². The molecule has 1 atom stereocenters. The van der Waals surface area contributed by atoms with Gasteiger partial charge in [0.2, 0.25) is 0 Å². The van der Waals surface area contributed by atoms with Gasteiger partial charge in [-0.05, 0) is 55.5 Å². The van der Waals surface area contributed by atoms with Crippen LogP contribution in [0.1, 0.15) is 49.8 Å². The Balaban J connectivity index is 2.10. The second-order valence-corrected chi connectivity index (χ2v) is 5.68. The SMILES string of the molecule is CCCNC(CC1CC1)c1cc(C)cc(Cl)c1. The molecule has 0 heterocycles. The molecule has 1 unspecified atom stereocenters. The van der Waals surface area contributed by atoms with Crippen LogP contribution in [0.4, 0.5) is 0 Å². The molecular weight excluding hydrogens is 230 g/mol. The summed E-state index contributed by atoms with van der Waals surface area (Å²) in [5.41, 5.74) is 2.61. The van der Waals surface area contributed by atoms with E-state index in [1.165, 1.54) is 36.8 Å². The molecule has 1 saturated carbocycles. The number of hydrogen-bond acceptors (Lipinski definition) is 1. The standard InChI is InChI=1S/C15H22ClN/c1-3-6-17-15(9-12-4-5-12)13-7-11(2)8-14(16)10-13/h7-8,10,12,15,17H,3-6,9H2,1-2H3. The van der Waals surface area contributed by atoms with Gasteiger partial charge in [0.1, 0.15) is 0 Å². The zero-order valence-corrected chi connectivity index (χ0v) is 11.6. The molecule has 1 N–H and O–H groups in total. The summed E-state index contributed by atoms with van der Waals surface area (Å²) in [6, 6.07) is 6.89. The summed E-state index contributed by atoms with van der Waals surface area (Å²) >= 11 is 6.15. The van der Waals surface area contributed by atoms with Crippen LogP contribution in [0, 0.1) is 12.8 Å². The van der Waals surface area contributed by atoms with Crippen LogP contribution < -0.4 is 5.32 Å². The summed E-state index contributed by atoms with van der Waals surface area (Å²) in [5.74, 6) is 0.934. The van der Waals surface area contributed by atoms with Gasteiger partial charge in [0, 0.05) is 11.1 Å². The van der Waals surface area contributed by atoms with Crippen molar-refractivity contribution in [1.82, 2.24) is 5.32 Å². The van der Waals surface area contributed by atoms with E-state index in [4.69, 9.17) is 11.6 Å². The quantitative estimate of drug-likeness (QED) is 0.786. The van der Waals surface area contributed by atoms with E-state index >= 15 is 0 Å². The highest BCUT2D eigenvalue weighted by atomic mass is 35.5. The van der Waals surface area contributed by atoms with E-state index in [2.05, 4.69) is 31.3 Å². The molecule has 0 saturated heterocycles. The molecule has 0 aliphatic heterocycles. The van der Waals surface area contributed by atoms with Gasteiger partial charge in [0.15, 0.2) is 0 Å². The van der Waals surface area contributed by atoms with E-state index in [1.807, 2.05) is 6.07 Å². The minimum Gasteiger partial charge on any atom is -0.310 e. The number of aryl methyl sites for hydroxylation is 1. The lowest BCUT2D eigenvalue weighted by Crippen LogP contribution is -2.22. The zero-order valence-electron chi connectivity index (χ0n) is 10.8. The zero-order chi connectivity index (χ0) is 12.3. The Hall–Kier alpha value is -0.530. The molecule has 2 rings (SSSR count). The van der Waals surface area contributed by atoms with Crippen LogP contribution in [0.5, 0.6) is 0 Å². The average molecular weight is 252 g/mol. The summed E-state index contributed by atoms with van der Waals surface area (Å²) < 4.78 is 0. The Bertz CT molecular complexity index is 351. The van der Waals surface area contributed by atoms with Crippen molar-refractivity contribution >= 4 is 11.6 Å². The highest BCUT2D eigenvalue weighted by Gasteiger charge is 2.26. The lowest BCUT2D eigenvalue weighted by atomic mass is 9.99. The Morgan fingerprint density at radius 3 is 2.71 bits per heavy atom. The van der Waals surface area contributed by atoms with Gasteiger partial charge in [-0.1, -0.05) is 37.4 Å². The van der Waals surface area contributed by atoms with Crippen molar-refractivity contribution in [3.8, 4) is 0 Å². The Labute approximate surface area is 110 Å². The van der Waals surface area contributed by atoms with E-state index in [0.717, 1.165) is 17.5 Å². The van der Waals surface area contributed by atoms with Gasteiger partial charge in [0.25, 0.3) is 0 Å². The van der Waals surface area contributed by atoms with Crippen molar-refractivity contribution in [2.75, 3.05) is 6.54 Å². The maximum Gasteiger partial charge on any atom is 0.0411 e. The number of rotatable bonds is 6. The normalized spacial score (nSPS) is 17.1. The largest absolute Gasteiger partial charge is 0.310 e. The highest BCUT2D eigenvalue weighted by Crippen LogP contribution is 2.38. The fraction of sp³-hybridized carbons (Fsp3) is 0.600. The van der Waals surface area contributed by atoms with Gasteiger partial charge in [-0.3, -0.25) is 0 Å². The van der Waals surface area contributed by atoms with Crippen LogP contribution in [0.15, 0.2) is 18.2 Å². The number of halogens is 1. The van der Waals surface area contributed by atoms with Crippen LogP contribution in [-0.4, -0.2) is 6.54 Å². The van der Waals surface area contributed by atoms with Crippen molar-refractivity contribution in [2.45, 2.75) is 45.6 Å². The van der Waals surface area contributed by atoms with Crippen molar-refractivity contribution in [2.24, 2.45) is 5.92 Å². The maximum absolute atomic E-state index is 6.15. The lowest BCUT2D eigenvalue weighted by molar-refractivity contribution is 0.474. The first kappa shape index (κ1) is 12.9. The molecule has 0 amide bonds. The Morgan fingerprint density at radius 1 is 1.35 bits per heavy atom. The lowest BCUT2D eigenvalue weighted by Gasteiger charge is -2.19. The van der Waals surface area contributed by atoms with Gasteiger partial charge in [-0.2, -0.15) is 0 Å². The maximum atomic E-state index is 6.15. The first-order chi connectivity index (χ1) is 8.19. The Morgan fingerprint density at radius 2 is 2.12 bits per heavy atom. The molecule has 1 aromatic carbocycles. The van der Waals surface area contributed by atoms with E-state index < -0.39 is 0 Å². The van der Waals surface area contributed by atoms with Crippen LogP contribution >= 0.6 is 11.6 Å². The molecule has 17 heavy (non-hydrogen) atoms. The van der Waals surface area contributed by atoms with Crippen LogP contribution in [0.2, 0.25) is 5.02 Å². The smallest absolute Gasteiger partial charge is 0.0411 e. The summed E-state index contributed by atoms with van der Waals surface area (Å²) in [6.07, 6.45) is 5.26. The van der Waals surface area contributed by atoms with Gasteiger partial charge in [-0.15, -0.1) is 0 Å². The second-order valence-electron chi connectivity index (χ2n) is 5.25. The molecule has 0 bridgehead atoms. The van der Waals surface area contributed by atoms with Gasteiger partial charge in [-0.25, -0.2) is 0 Å². The van der Waals surface area contributed by atoms with Crippen LogP contribution in [-0.2, 0) is 0 Å². The Kier molecular flexibility index (Phi) is 4.47. The topological polar surface area (TPSA) is 12.0 Å². The van der Waals surface area contributed by atoms with Crippen LogP contribution in [0.3, 0.4) is 0 Å². The molecule has 1 aliphatic carbocycles. The van der Waals surface area contributed by atoms with E-state index in [9.17, 15) is 0 Å². The fourth-order valence-electron chi connectivity index (χ4n) is 2.31. The third-order valence-electron chi connectivity index (χ3n) is 3.37. The number of hydrogen-bond donors (Lipinski definition) is 1. The van der Waals surface area contributed by atoms with Gasteiger partial charge in [0.05, 0.1) is 0 Å². The molecular formula is C15H22ClN. The van der Waals surface area contributed by atoms with Gasteiger partial charge >= 0.3 is 0 Å². The minimum atomic E-state index is 0.486. The predicted molar refractivity (Wildman–Crippen MR) is 74.6 cm³/mol. The molecule has 0 radical (unpaired) electrons. The second kappa shape index (κ2) is 5.88. The molecule has 0 spiro atoms. The summed E-state index contributed by atoms with van der Waals surface area (Å²) in [5, 5.41) is 4.51. The molecule has 1 nitrogen and oxygen atoms in total. The molecule has 1 aromatic rings. The molecule has 94 valence electrons. The molecule has 0 aromatic heterocycles. The monoisotopic (exact) mass is 251 g/mol. The number of nitrogens with one attached hydrogen (secondary N) is 1. The number of benzene rings is 1. The van der Waals surface area contributed by atoms with Crippen molar-refractivity contribution in [1.29, 1.82) is 0 Å². The first-order valence-electron chi connectivity index (χ1n) is 6.69. The molecule has 2 heteroatoms. The highest BCUT2D eigenvalue weighted by molar-refractivity contribution is 6.30. The molecule has 1 fully saturated rings. The van der Waals surface area contributed by atoms with Crippen molar-refractivity contribution < 1.29 is 0 Å². The van der Waals surface area contributed by atoms with E-state index in [1.54, 1.807) is 0 Å². The third kappa shape index (κ3) is 4.01.